The summed E-state index contributed by atoms with van der Waals surface area (Å²) in [5, 5.41) is 2.95. The van der Waals surface area contributed by atoms with Crippen LogP contribution in [0.3, 0.4) is 0 Å². The fourth-order valence-corrected chi connectivity index (χ4v) is 5.97. The van der Waals surface area contributed by atoms with Gasteiger partial charge in [-0.25, -0.2) is 10.9 Å². The number of hydrogen-bond acceptors (Lipinski definition) is 6. The zero-order chi connectivity index (χ0) is 27.7. The van der Waals surface area contributed by atoms with Gasteiger partial charge >= 0.3 is 12.4 Å². The molecule has 1 aromatic rings. The molecule has 0 aromatic heterocycles. The lowest BCUT2D eigenvalue weighted by molar-refractivity contribution is -0.321. The van der Waals surface area contributed by atoms with Gasteiger partial charge in [0.25, 0.3) is 0 Å². The Labute approximate surface area is 224 Å². The molecule has 4 fully saturated rings. The molecule has 0 amide bonds. The molecular formula is C27H37F6N3O3. The molecule has 3 saturated heterocycles. The minimum Gasteiger partial charge on any atom is -0.359 e. The maximum Gasteiger partial charge on any atom is 0.421 e. The highest BCUT2D eigenvalue weighted by Gasteiger charge is 2.63. The number of nitrogens with one attached hydrogen (secondary N) is 3. The van der Waals surface area contributed by atoms with Gasteiger partial charge in [-0.2, -0.15) is 26.3 Å². The molecule has 220 valence electrons. The van der Waals surface area contributed by atoms with Crippen molar-refractivity contribution < 1.29 is 40.6 Å². The van der Waals surface area contributed by atoms with Crippen LogP contribution in [0.5, 0.6) is 0 Å². The highest BCUT2D eigenvalue weighted by Crippen LogP contribution is 2.45. The molecule has 1 aliphatic carbocycles. The van der Waals surface area contributed by atoms with Gasteiger partial charge in [-0.05, 0) is 43.6 Å². The zero-order valence-electron chi connectivity index (χ0n) is 21.7. The molecule has 3 N–H and O–H groups in total. The number of rotatable bonds is 5. The summed E-state index contributed by atoms with van der Waals surface area (Å²) in [5.74, 6) is -1.26. The van der Waals surface area contributed by atoms with Gasteiger partial charge in [0.15, 0.2) is 6.23 Å². The summed E-state index contributed by atoms with van der Waals surface area (Å²) in [6, 6.07) is 7.94. The number of hydrogen-bond donors (Lipinski definition) is 3. The lowest BCUT2D eigenvalue weighted by Crippen LogP contribution is -2.61. The lowest BCUT2D eigenvalue weighted by atomic mass is 9.90. The van der Waals surface area contributed by atoms with Crippen LogP contribution in [-0.4, -0.2) is 48.8 Å². The van der Waals surface area contributed by atoms with Crippen LogP contribution in [0.4, 0.5) is 26.3 Å². The first-order valence-electron chi connectivity index (χ1n) is 13.9. The minimum absolute atomic E-state index is 0.0628. The molecule has 4 aliphatic rings. The normalized spacial score (nSPS) is 36.9. The van der Waals surface area contributed by atoms with E-state index in [4.69, 9.17) is 14.2 Å². The first-order valence-corrected chi connectivity index (χ1v) is 13.9. The van der Waals surface area contributed by atoms with E-state index in [1.807, 2.05) is 0 Å². The third-order valence-corrected chi connectivity index (χ3v) is 8.41. The van der Waals surface area contributed by atoms with Crippen LogP contribution in [0.15, 0.2) is 30.3 Å². The molecule has 6 nitrogen and oxygen atoms in total. The van der Waals surface area contributed by atoms with Crippen molar-refractivity contribution >= 4 is 0 Å². The summed E-state index contributed by atoms with van der Waals surface area (Å²) in [4.78, 5) is 0. The molecule has 4 bridgehead atoms. The molecule has 5 rings (SSSR count). The van der Waals surface area contributed by atoms with Crippen LogP contribution in [0, 0.1) is 11.8 Å². The van der Waals surface area contributed by atoms with Gasteiger partial charge in [0.2, 0.25) is 5.60 Å². The maximum absolute atomic E-state index is 14.8. The van der Waals surface area contributed by atoms with Crippen LogP contribution >= 0.6 is 0 Å². The van der Waals surface area contributed by atoms with Crippen molar-refractivity contribution in [1.82, 2.24) is 16.2 Å². The Morgan fingerprint density at radius 2 is 1.62 bits per heavy atom. The van der Waals surface area contributed by atoms with E-state index in [-0.39, 0.29) is 38.4 Å². The van der Waals surface area contributed by atoms with Crippen molar-refractivity contribution in [3.05, 3.63) is 35.9 Å². The number of piperidine rings is 1. The molecule has 3 aliphatic heterocycles. The van der Waals surface area contributed by atoms with Gasteiger partial charge in [-0.15, -0.1) is 0 Å². The van der Waals surface area contributed by atoms with Crippen LogP contribution in [0.2, 0.25) is 0 Å². The zero-order valence-corrected chi connectivity index (χ0v) is 21.7. The fourth-order valence-electron chi connectivity index (χ4n) is 5.97. The average molecular weight is 566 g/mol. The van der Waals surface area contributed by atoms with Crippen LogP contribution < -0.4 is 16.2 Å². The van der Waals surface area contributed by atoms with Crippen molar-refractivity contribution in [2.75, 3.05) is 0 Å². The van der Waals surface area contributed by atoms with Crippen LogP contribution in [0.25, 0.3) is 0 Å². The van der Waals surface area contributed by atoms with Crippen molar-refractivity contribution in [3.63, 3.8) is 0 Å². The number of hydrazine groups is 1. The summed E-state index contributed by atoms with van der Waals surface area (Å²) in [5.41, 5.74) is 3.33. The second kappa shape index (κ2) is 11.8. The minimum atomic E-state index is -4.77. The van der Waals surface area contributed by atoms with E-state index < -0.39 is 48.6 Å². The second-order valence-corrected chi connectivity index (χ2v) is 11.3. The van der Waals surface area contributed by atoms with Gasteiger partial charge < -0.3 is 14.2 Å². The summed E-state index contributed by atoms with van der Waals surface area (Å²) in [6.07, 6.45) is -9.48. The number of alkyl halides is 6. The quantitative estimate of drug-likeness (QED) is 0.399. The number of ether oxygens (including phenoxy) is 3. The highest BCUT2D eigenvalue weighted by molar-refractivity contribution is 5.14. The van der Waals surface area contributed by atoms with E-state index in [2.05, 4.69) is 16.2 Å². The third-order valence-electron chi connectivity index (χ3n) is 8.41. The molecule has 12 heteroatoms. The molecular weight excluding hydrogens is 528 g/mol. The molecule has 6 unspecified atom stereocenters. The van der Waals surface area contributed by atoms with Crippen molar-refractivity contribution in [2.45, 2.75) is 120 Å². The Kier molecular flexibility index (Phi) is 8.80. The van der Waals surface area contributed by atoms with Crippen LogP contribution in [-0.2, 0) is 20.8 Å². The third kappa shape index (κ3) is 6.90. The van der Waals surface area contributed by atoms with E-state index in [1.54, 1.807) is 30.3 Å². The average Bonchev–Trinajstić information content (AvgIpc) is 3.56. The molecule has 39 heavy (non-hydrogen) atoms. The van der Waals surface area contributed by atoms with E-state index in [0.29, 0.717) is 37.2 Å². The Hall–Kier alpha value is -1.44. The smallest absolute Gasteiger partial charge is 0.359 e. The van der Waals surface area contributed by atoms with Crippen molar-refractivity contribution in [1.29, 1.82) is 0 Å². The summed E-state index contributed by atoms with van der Waals surface area (Å²) < 4.78 is 104. The summed E-state index contributed by atoms with van der Waals surface area (Å²) in [6.45, 7) is -0.263. The standard InChI is InChI=1S/C27H37F6N3O3/c28-26(29,30)20-12-13-21-23-35-36-24(39-23)25(27(31,32)33,37-16-18-7-3-1-4-8-18)14-6-2-5-9-19(15-17-10-11-17)38-22(20)34-21/h1,3-4,7-8,17,19-24,34-36H,2,5-6,9-16H2/t19?,20?,21?,22?,23?,24?,25-/m1/s1. The predicted octanol–water partition coefficient (Wildman–Crippen LogP) is 5.69. The van der Waals surface area contributed by atoms with Gasteiger partial charge in [0, 0.05) is 0 Å². The number of benzene rings is 1. The van der Waals surface area contributed by atoms with E-state index in [0.717, 1.165) is 12.8 Å². The van der Waals surface area contributed by atoms with Crippen molar-refractivity contribution in [2.24, 2.45) is 11.8 Å². The van der Waals surface area contributed by atoms with E-state index in [9.17, 15) is 26.3 Å². The largest absolute Gasteiger partial charge is 0.421 e. The maximum atomic E-state index is 14.8. The van der Waals surface area contributed by atoms with E-state index in [1.165, 1.54) is 0 Å². The molecule has 3 heterocycles. The van der Waals surface area contributed by atoms with E-state index >= 15 is 0 Å². The Morgan fingerprint density at radius 3 is 2.31 bits per heavy atom. The molecule has 1 aromatic carbocycles. The molecule has 1 saturated carbocycles. The molecule has 0 radical (unpaired) electrons. The summed E-state index contributed by atoms with van der Waals surface area (Å²) in [7, 11) is 0. The fraction of sp³-hybridized carbons (Fsp3) is 0.778. The van der Waals surface area contributed by atoms with Gasteiger partial charge in [-0.1, -0.05) is 62.4 Å². The highest BCUT2D eigenvalue weighted by atomic mass is 19.4. The Morgan fingerprint density at radius 1 is 0.846 bits per heavy atom. The number of halogens is 6. The predicted molar refractivity (Wildman–Crippen MR) is 130 cm³/mol. The Bertz CT molecular complexity index is 932. The monoisotopic (exact) mass is 565 g/mol. The summed E-state index contributed by atoms with van der Waals surface area (Å²) >= 11 is 0. The lowest BCUT2D eigenvalue weighted by Gasteiger charge is -2.42. The first-order chi connectivity index (χ1) is 18.5. The topological polar surface area (TPSA) is 63.8 Å². The van der Waals surface area contributed by atoms with Gasteiger partial charge in [-0.3, -0.25) is 5.32 Å². The molecule has 0 spiro atoms. The van der Waals surface area contributed by atoms with Crippen LogP contribution in [0.1, 0.15) is 69.8 Å². The molecule has 7 atom stereocenters. The SMILES string of the molecule is FC(F)(F)C1CCC2NC1OC(CC1CC1)CCCCC[C@](OCc1ccccc1)(C(F)(F)F)C1NNC2O1. The number of fused-ring (bicyclic) bond motifs is 5. The van der Waals surface area contributed by atoms with Gasteiger partial charge in [0.1, 0.15) is 12.5 Å². The van der Waals surface area contributed by atoms with Crippen molar-refractivity contribution in [3.8, 4) is 0 Å². The van der Waals surface area contributed by atoms with Gasteiger partial charge in [0.05, 0.1) is 24.7 Å². The first kappa shape index (κ1) is 29.1. The Balaban J connectivity index is 1.40. The second-order valence-electron chi connectivity index (χ2n) is 11.3.